The maximum atomic E-state index is 13.3. The average Bonchev–Trinajstić information content (AvgIpc) is 2.99. The van der Waals surface area contributed by atoms with E-state index in [4.69, 9.17) is 11.6 Å². The molecule has 0 spiro atoms. The number of hydrogen-bond donors (Lipinski definition) is 1. The molecule has 220 valence electrons. The molecule has 0 bridgehead atoms. The molecule has 2 aliphatic heterocycles. The first-order valence-corrected chi connectivity index (χ1v) is 15.0. The number of nitrogens with one attached hydrogen (secondary N) is 1. The number of benzene rings is 3. The molecule has 2 saturated heterocycles. The summed E-state index contributed by atoms with van der Waals surface area (Å²) in [7, 11) is 0. The fourth-order valence-corrected chi connectivity index (χ4v) is 5.99. The number of hydrogen-bond acceptors (Lipinski definition) is 4. The fraction of sp³-hybridized carbons (Fsp3) is 0.353. The Morgan fingerprint density at radius 2 is 1.60 bits per heavy atom. The predicted molar refractivity (Wildman–Crippen MR) is 166 cm³/mol. The molecular formula is C34H38ClFN4O2. The maximum Gasteiger partial charge on any atom is 0.252 e. The van der Waals surface area contributed by atoms with Crippen molar-refractivity contribution >= 4 is 29.5 Å². The Labute approximate surface area is 252 Å². The molecule has 6 nitrogen and oxygen atoms in total. The quantitative estimate of drug-likeness (QED) is 0.347. The van der Waals surface area contributed by atoms with Crippen molar-refractivity contribution in [3.05, 3.63) is 112 Å². The van der Waals surface area contributed by atoms with Gasteiger partial charge in [-0.15, -0.1) is 0 Å². The van der Waals surface area contributed by atoms with Crippen LogP contribution in [-0.2, 0) is 17.9 Å². The first kappa shape index (κ1) is 30.0. The Morgan fingerprint density at radius 3 is 2.31 bits per heavy atom. The van der Waals surface area contributed by atoms with Crippen LogP contribution in [0.3, 0.4) is 0 Å². The van der Waals surface area contributed by atoms with E-state index in [1.165, 1.54) is 17.7 Å². The molecule has 3 aromatic carbocycles. The number of carbonyl (C=O) groups excluding carboxylic acids is 2. The highest BCUT2D eigenvalue weighted by Gasteiger charge is 2.27. The largest absolute Gasteiger partial charge is 0.349 e. The van der Waals surface area contributed by atoms with E-state index in [2.05, 4.69) is 39.4 Å². The van der Waals surface area contributed by atoms with E-state index in [1.54, 1.807) is 42.5 Å². The zero-order chi connectivity index (χ0) is 29.5. The van der Waals surface area contributed by atoms with Crippen LogP contribution in [0.5, 0.6) is 0 Å². The van der Waals surface area contributed by atoms with Crippen molar-refractivity contribution in [3.8, 4) is 0 Å². The van der Waals surface area contributed by atoms with Gasteiger partial charge in [-0.2, -0.15) is 0 Å². The van der Waals surface area contributed by atoms with E-state index in [0.717, 1.165) is 57.7 Å². The topological polar surface area (TPSA) is 55.9 Å². The van der Waals surface area contributed by atoms with Gasteiger partial charge in [0.05, 0.1) is 0 Å². The molecule has 3 aromatic rings. The monoisotopic (exact) mass is 588 g/mol. The zero-order valence-electron chi connectivity index (χ0n) is 24.0. The lowest BCUT2D eigenvalue weighted by Crippen LogP contribution is -2.53. The summed E-state index contributed by atoms with van der Waals surface area (Å²) >= 11 is 6.27. The van der Waals surface area contributed by atoms with Crippen molar-refractivity contribution < 1.29 is 14.0 Å². The molecule has 5 rings (SSSR count). The van der Waals surface area contributed by atoms with Crippen LogP contribution in [0.1, 0.15) is 46.8 Å². The number of halogens is 2. The van der Waals surface area contributed by atoms with Gasteiger partial charge in [-0.3, -0.25) is 19.4 Å². The number of amides is 2. The van der Waals surface area contributed by atoms with Crippen LogP contribution >= 0.6 is 11.6 Å². The molecule has 1 N–H and O–H groups in total. The van der Waals surface area contributed by atoms with E-state index in [-0.39, 0.29) is 29.7 Å². The summed E-state index contributed by atoms with van der Waals surface area (Å²) < 4.78 is 13.2. The van der Waals surface area contributed by atoms with Crippen molar-refractivity contribution in [1.29, 1.82) is 0 Å². The molecule has 2 heterocycles. The second kappa shape index (κ2) is 14.1. The molecule has 0 saturated carbocycles. The van der Waals surface area contributed by atoms with Gasteiger partial charge in [0.25, 0.3) is 5.91 Å². The van der Waals surface area contributed by atoms with Gasteiger partial charge in [0.2, 0.25) is 5.91 Å². The van der Waals surface area contributed by atoms with Crippen molar-refractivity contribution in [1.82, 2.24) is 20.0 Å². The van der Waals surface area contributed by atoms with Gasteiger partial charge in [0.1, 0.15) is 5.82 Å². The van der Waals surface area contributed by atoms with Crippen LogP contribution < -0.4 is 5.32 Å². The first-order valence-electron chi connectivity index (χ1n) is 14.7. The van der Waals surface area contributed by atoms with Gasteiger partial charge in [0, 0.05) is 74.6 Å². The normalized spacial score (nSPS) is 18.8. The minimum Gasteiger partial charge on any atom is -0.349 e. The lowest BCUT2D eigenvalue weighted by atomic mass is 10.0. The van der Waals surface area contributed by atoms with Crippen LogP contribution in [0.2, 0.25) is 5.02 Å². The Hall–Kier alpha value is -3.52. The van der Waals surface area contributed by atoms with Crippen LogP contribution in [0.15, 0.2) is 78.9 Å². The molecule has 2 fully saturated rings. The third-order valence-corrected chi connectivity index (χ3v) is 8.39. The lowest BCUT2D eigenvalue weighted by Gasteiger charge is -2.39. The second-order valence-corrected chi connectivity index (χ2v) is 11.8. The Balaban J connectivity index is 1.15. The first-order chi connectivity index (χ1) is 20.3. The highest BCUT2D eigenvalue weighted by atomic mass is 35.5. The number of carbonyl (C=O) groups is 2. The van der Waals surface area contributed by atoms with Crippen LogP contribution in [0, 0.1) is 5.82 Å². The van der Waals surface area contributed by atoms with Crippen LogP contribution in [0.25, 0.3) is 6.08 Å². The summed E-state index contributed by atoms with van der Waals surface area (Å²) in [5.74, 6) is -0.500. The van der Waals surface area contributed by atoms with E-state index in [0.29, 0.717) is 22.7 Å². The summed E-state index contributed by atoms with van der Waals surface area (Å²) in [5, 5.41) is 3.67. The van der Waals surface area contributed by atoms with Crippen molar-refractivity contribution in [3.63, 3.8) is 0 Å². The molecule has 0 radical (unpaired) electrons. The molecule has 42 heavy (non-hydrogen) atoms. The predicted octanol–water partition coefficient (Wildman–Crippen LogP) is 5.62. The highest BCUT2D eigenvalue weighted by Crippen LogP contribution is 2.21. The fourth-order valence-electron chi connectivity index (χ4n) is 5.82. The maximum absolute atomic E-state index is 13.3. The van der Waals surface area contributed by atoms with Gasteiger partial charge in [-0.1, -0.05) is 60.1 Å². The van der Waals surface area contributed by atoms with Crippen LogP contribution in [-0.4, -0.2) is 71.3 Å². The number of rotatable bonds is 8. The highest BCUT2D eigenvalue weighted by molar-refractivity contribution is 6.31. The van der Waals surface area contributed by atoms with Gasteiger partial charge in [-0.05, 0) is 66.8 Å². The van der Waals surface area contributed by atoms with Crippen molar-refractivity contribution in [2.24, 2.45) is 0 Å². The third kappa shape index (κ3) is 8.06. The van der Waals surface area contributed by atoms with E-state index >= 15 is 0 Å². The minimum atomic E-state index is -0.240. The number of likely N-dealkylation sites (tertiary alicyclic amines) is 1. The number of nitrogens with zero attached hydrogens (tertiary/aromatic N) is 3. The molecule has 0 aromatic heterocycles. The third-order valence-electron chi connectivity index (χ3n) is 8.15. The summed E-state index contributed by atoms with van der Waals surface area (Å²) in [4.78, 5) is 33.0. The molecule has 0 aliphatic carbocycles. The molecule has 2 aliphatic rings. The van der Waals surface area contributed by atoms with Gasteiger partial charge >= 0.3 is 0 Å². The summed E-state index contributed by atoms with van der Waals surface area (Å²) in [5.41, 5.74) is 3.48. The SMILES string of the molecule is CC1CN(Cc2ccc(F)cc2)CCN1C(=O)/C=C/c1ccc(Cl)cc1C(=O)NC1CCN(Cc2ccccc2)CC1. The minimum absolute atomic E-state index is 0.0251. The van der Waals surface area contributed by atoms with Gasteiger partial charge in [-0.25, -0.2) is 4.39 Å². The summed E-state index contributed by atoms with van der Waals surface area (Å²) in [6, 6.07) is 22.3. The Morgan fingerprint density at radius 1 is 0.905 bits per heavy atom. The van der Waals surface area contributed by atoms with Gasteiger partial charge < -0.3 is 10.2 Å². The zero-order valence-corrected chi connectivity index (χ0v) is 24.8. The van der Waals surface area contributed by atoms with E-state index in [1.807, 2.05) is 17.9 Å². The number of piperidine rings is 1. The Kier molecular flexibility index (Phi) is 10.1. The second-order valence-electron chi connectivity index (χ2n) is 11.3. The average molecular weight is 589 g/mol. The molecular weight excluding hydrogens is 551 g/mol. The van der Waals surface area contributed by atoms with Crippen molar-refractivity contribution in [2.75, 3.05) is 32.7 Å². The molecule has 2 amide bonds. The van der Waals surface area contributed by atoms with Gasteiger partial charge in [0.15, 0.2) is 0 Å². The lowest BCUT2D eigenvalue weighted by molar-refractivity contribution is -0.130. The smallest absolute Gasteiger partial charge is 0.252 e. The Bertz CT molecular complexity index is 1390. The standard InChI is InChI=1S/C34H38ClFN4O2/c1-25-22-39(24-27-7-12-30(36)13-8-27)19-20-40(25)33(41)14-10-28-9-11-29(35)21-32(28)34(42)37-31-15-17-38(18-16-31)23-26-5-3-2-4-6-26/h2-14,21,25,31H,15-20,22-24H2,1H3,(H,37,42)/b14-10+. The number of piperazine rings is 1. The molecule has 8 heteroatoms. The summed E-state index contributed by atoms with van der Waals surface area (Å²) in [6.07, 6.45) is 5.03. The van der Waals surface area contributed by atoms with Crippen LogP contribution in [0.4, 0.5) is 4.39 Å². The van der Waals surface area contributed by atoms with E-state index in [9.17, 15) is 14.0 Å². The summed E-state index contributed by atoms with van der Waals surface area (Å²) in [6.45, 7) is 7.59. The van der Waals surface area contributed by atoms with Crippen molar-refractivity contribution in [2.45, 2.75) is 44.9 Å². The van der Waals surface area contributed by atoms with E-state index < -0.39 is 0 Å². The molecule has 1 atom stereocenters. The molecule has 1 unspecified atom stereocenters.